The van der Waals surface area contributed by atoms with E-state index in [1.54, 1.807) is 0 Å². The first kappa shape index (κ1) is 25.1. The first-order valence-corrected chi connectivity index (χ1v) is 11.1. The van der Waals surface area contributed by atoms with Gasteiger partial charge in [0, 0.05) is 0 Å². The lowest BCUT2D eigenvalue weighted by molar-refractivity contribution is -0.240. The van der Waals surface area contributed by atoms with Gasteiger partial charge in [0.1, 0.15) is 17.5 Å². The van der Waals surface area contributed by atoms with Crippen molar-refractivity contribution in [1.82, 2.24) is 15.3 Å². The van der Waals surface area contributed by atoms with E-state index in [1.807, 2.05) is 6.92 Å². The number of carbonyl (C=O) groups is 1. The minimum absolute atomic E-state index is 0.0218. The fraction of sp³-hybridized carbons (Fsp3) is 0.545. The van der Waals surface area contributed by atoms with Crippen molar-refractivity contribution in [3.63, 3.8) is 0 Å². The number of halogens is 3. The lowest BCUT2D eigenvalue weighted by atomic mass is 9.79. The van der Waals surface area contributed by atoms with Gasteiger partial charge in [0.05, 0.1) is 29.8 Å². The van der Waals surface area contributed by atoms with Gasteiger partial charge in [-0.15, -0.1) is 0 Å². The summed E-state index contributed by atoms with van der Waals surface area (Å²) < 4.78 is 44.4. The number of hydrogen-bond donors (Lipinski definition) is 5. The second kappa shape index (κ2) is 8.28. The molecule has 35 heavy (non-hydrogen) atoms. The Hall–Kier alpha value is -3.03. The summed E-state index contributed by atoms with van der Waals surface area (Å²) in [7, 11) is 0. The van der Waals surface area contributed by atoms with E-state index in [2.05, 4.69) is 16.9 Å². The molecule has 3 aliphatic heterocycles. The molecule has 1 aromatic rings. The zero-order chi connectivity index (χ0) is 25.9. The van der Waals surface area contributed by atoms with Gasteiger partial charge < -0.3 is 30.9 Å². The van der Waals surface area contributed by atoms with Gasteiger partial charge in [-0.05, 0) is 37.6 Å². The molecular formula is C22H28F3N5O5. The van der Waals surface area contributed by atoms with E-state index < -0.39 is 59.8 Å². The van der Waals surface area contributed by atoms with Crippen LogP contribution in [0.25, 0.3) is 0 Å². The van der Waals surface area contributed by atoms with Crippen molar-refractivity contribution < 1.29 is 38.1 Å². The van der Waals surface area contributed by atoms with Crippen LogP contribution in [0.2, 0.25) is 0 Å². The van der Waals surface area contributed by atoms with Crippen LogP contribution < -0.4 is 11.1 Å². The van der Waals surface area contributed by atoms with Gasteiger partial charge in [-0.25, -0.2) is 14.9 Å². The number of aliphatic hydroxyl groups is 2. The molecule has 0 bridgehead atoms. The predicted molar refractivity (Wildman–Crippen MR) is 117 cm³/mol. The van der Waals surface area contributed by atoms with Gasteiger partial charge in [0.15, 0.2) is 17.7 Å². The first-order valence-electron chi connectivity index (χ1n) is 11.1. The van der Waals surface area contributed by atoms with Gasteiger partial charge in [0.25, 0.3) is 0 Å². The quantitative estimate of drug-likeness (QED) is 0.375. The number of ether oxygens (including phenoxy) is 1. The van der Waals surface area contributed by atoms with Crippen LogP contribution in [0.1, 0.15) is 42.6 Å². The maximum absolute atomic E-state index is 13.0. The zero-order valence-electron chi connectivity index (χ0n) is 19.2. The van der Waals surface area contributed by atoms with E-state index >= 15 is 0 Å². The average molecular weight is 499 g/mol. The number of esters is 1. The van der Waals surface area contributed by atoms with Crippen LogP contribution in [0.3, 0.4) is 0 Å². The van der Waals surface area contributed by atoms with E-state index in [1.165, 1.54) is 11.8 Å². The molecule has 192 valence electrons. The summed E-state index contributed by atoms with van der Waals surface area (Å²) in [6.07, 6.45) is -4.92. The predicted octanol–water partition coefficient (Wildman–Crippen LogP) is 0.986. The third-order valence-corrected chi connectivity index (χ3v) is 7.06. The van der Waals surface area contributed by atoms with E-state index in [9.17, 15) is 33.4 Å². The maximum Gasteiger partial charge on any atom is 0.416 e. The van der Waals surface area contributed by atoms with Gasteiger partial charge in [-0.1, -0.05) is 19.9 Å². The van der Waals surface area contributed by atoms with Crippen LogP contribution in [-0.4, -0.2) is 79.4 Å². The molecule has 6 N–H and O–H groups in total. The molecule has 1 spiro atoms. The maximum atomic E-state index is 13.0. The van der Waals surface area contributed by atoms with Gasteiger partial charge in [-0.2, -0.15) is 13.2 Å². The molecule has 0 aliphatic carbocycles. The summed E-state index contributed by atoms with van der Waals surface area (Å²) in [5.74, 6) is -1.02. The van der Waals surface area contributed by atoms with Crippen molar-refractivity contribution in [3.05, 3.63) is 47.8 Å². The molecule has 3 unspecified atom stereocenters. The number of alkyl halides is 3. The molecule has 10 nitrogen and oxygen atoms in total. The number of hydroxylamine groups is 2. The SMILES string of the molecule is C=C1NC2C(CO)N=C(N)N3[C@@H](CCC)[C@H](OC(=O)c4ccc(C(F)(F)F)cc4)[C@](C)(O)C23N1O. The Kier molecular flexibility index (Phi) is 5.93. The van der Waals surface area contributed by atoms with Crippen molar-refractivity contribution in [2.45, 2.75) is 68.4 Å². The number of hydrogen-bond acceptors (Lipinski definition) is 10. The summed E-state index contributed by atoms with van der Waals surface area (Å²) in [6, 6.07) is 1.00. The van der Waals surface area contributed by atoms with Crippen LogP contribution in [-0.2, 0) is 10.9 Å². The molecule has 3 heterocycles. The van der Waals surface area contributed by atoms with Crippen molar-refractivity contribution in [2.24, 2.45) is 10.7 Å². The second-order valence-corrected chi connectivity index (χ2v) is 9.12. The topological polar surface area (TPSA) is 144 Å². The molecule has 6 atom stereocenters. The van der Waals surface area contributed by atoms with Crippen LogP contribution in [0.15, 0.2) is 41.7 Å². The Morgan fingerprint density at radius 1 is 1.34 bits per heavy atom. The number of carbonyl (C=O) groups excluding carboxylic acids is 1. The van der Waals surface area contributed by atoms with E-state index in [-0.39, 0.29) is 17.3 Å². The number of guanidine groups is 1. The molecule has 0 amide bonds. The van der Waals surface area contributed by atoms with Crippen molar-refractivity contribution in [3.8, 4) is 0 Å². The first-order chi connectivity index (χ1) is 16.3. The molecule has 2 fully saturated rings. The highest BCUT2D eigenvalue weighted by molar-refractivity contribution is 5.90. The number of nitrogens with two attached hydrogens (primary N) is 1. The Bertz CT molecular complexity index is 1050. The molecule has 13 heteroatoms. The Balaban J connectivity index is 1.76. The van der Waals surface area contributed by atoms with Gasteiger partial charge >= 0.3 is 12.1 Å². The van der Waals surface area contributed by atoms with Crippen LogP contribution >= 0.6 is 0 Å². The summed E-state index contributed by atoms with van der Waals surface area (Å²) >= 11 is 0. The summed E-state index contributed by atoms with van der Waals surface area (Å²) in [6.45, 7) is 6.53. The minimum Gasteiger partial charge on any atom is -0.453 e. The van der Waals surface area contributed by atoms with Gasteiger partial charge in [0.2, 0.25) is 0 Å². The third kappa shape index (κ3) is 3.44. The molecular weight excluding hydrogens is 471 g/mol. The summed E-state index contributed by atoms with van der Waals surface area (Å²) in [4.78, 5) is 18.8. The molecule has 4 rings (SSSR count). The monoisotopic (exact) mass is 499 g/mol. The zero-order valence-corrected chi connectivity index (χ0v) is 19.2. The molecule has 0 saturated carbocycles. The van der Waals surface area contributed by atoms with Crippen molar-refractivity contribution in [2.75, 3.05) is 6.61 Å². The Morgan fingerprint density at radius 2 is 1.97 bits per heavy atom. The van der Waals surface area contributed by atoms with Gasteiger partial charge in [-0.3, -0.25) is 5.21 Å². The fourth-order valence-corrected chi connectivity index (χ4v) is 5.59. The largest absolute Gasteiger partial charge is 0.453 e. The fourth-order valence-electron chi connectivity index (χ4n) is 5.59. The molecule has 0 aromatic heterocycles. The highest BCUT2D eigenvalue weighted by Crippen LogP contribution is 2.54. The van der Waals surface area contributed by atoms with Crippen LogP contribution in [0.5, 0.6) is 0 Å². The van der Waals surface area contributed by atoms with Crippen LogP contribution in [0.4, 0.5) is 13.2 Å². The van der Waals surface area contributed by atoms with E-state index in [4.69, 9.17) is 10.5 Å². The highest BCUT2D eigenvalue weighted by atomic mass is 19.4. The number of benzene rings is 1. The highest BCUT2D eigenvalue weighted by Gasteiger charge is 2.78. The molecule has 3 aliphatic rings. The summed E-state index contributed by atoms with van der Waals surface area (Å²) in [5.41, 5.74) is 1.44. The van der Waals surface area contributed by atoms with E-state index in [0.29, 0.717) is 12.8 Å². The third-order valence-electron chi connectivity index (χ3n) is 7.06. The standard InChI is InChI=1S/C22H28F3N5O5/c1-4-5-15-17(35-18(32)12-6-8-13(9-7-12)22(23,24)25)20(3,33)21-16(27-11(2)30(21)34)14(10-31)28-19(26)29(15)21/h6-9,14-17,27,31,33-34H,2,4-5,10H2,1,3H3,(H2,26,28)/t14?,15-,16?,17-,20-,21?/m0/s1. The second-order valence-electron chi connectivity index (χ2n) is 9.12. The number of rotatable bonds is 5. The number of nitrogens with one attached hydrogen (secondary N) is 1. The normalized spacial score (nSPS) is 34.3. The summed E-state index contributed by atoms with van der Waals surface area (Å²) in [5, 5.41) is 36.6. The number of nitrogens with zero attached hydrogens (tertiary/aromatic N) is 3. The minimum atomic E-state index is -4.57. The van der Waals surface area contributed by atoms with Crippen molar-refractivity contribution >= 4 is 11.9 Å². The smallest absolute Gasteiger partial charge is 0.416 e. The molecule has 2 saturated heterocycles. The van der Waals surface area contributed by atoms with E-state index in [0.717, 1.165) is 29.3 Å². The number of aliphatic hydroxyl groups excluding tert-OH is 1. The average Bonchev–Trinajstić information content (AvgIpc) is 3.17. The molecule has 1 aromatic carbocycles. The van der Waals surface area contributed by atoms with Crippen molar-refractivity contribution in [1.29, 1.82) is 0 Å². The number of aliphatic imine (C=N–C) groups is 1. The Morgan fingerprint density at radius 3 is 2.51 bits per heavy atom. The lowest BCUT2D eigenvalue weighted by Crippen LogP contribution is -2.76. The lowest BCUT2D eigenvalue weighted by Gasteiger charge is -2.52. The van der Waals surface area contributed by atoms with Crippen LogP contribution in [0, 0.1) is 0 Å². The Labute approximate surface area is 199 Å². The molecule has 0 radical (unpaired) electrons.